The lowest BCUT2D eigenvalue weighted by atomic mass is 10.3. The van der Waals surface area contributed by atoms with Crippen molar-refractivity contribution in [1.82, 2.24) is 4.98 Å². The Kier molecular flexibility index (Phi) is 4.11. The highest BCUT2D eigenvalue weighted by Crippen LogP contribution is 2.09. The fourth-order valence-electron chi connectivity index (χ4n) is 1.01. The molecule has 0 aliphatic heterocycles. The van der Waals surface area contributed by atoms with Gasteiger partial charge in [0.1, 0.15) is 11.4 Å². The minimum atomic E-state index is -0.0230. The zero-order valence-corrected chi connectivity index (χ0v) is 8.62. The van der Waals surface area contributed by atoms with Crippen molar-refractivity contribution in [1.29, 1.82) is 0 Å². The summed E-state index contributed by atoms with van der Waals surface area (Å²) in [5.41, 5.74) is 0.479. The maximum absolute atomic E-state index is 10.9. The van der Waals surface area contributed by atoms with Crippen molar-refractivity contribution in [2.75, 3.05) is 6.61 Å². The van der Waals surface area contributed by atoms with Crippen LogP contribution >= 0.6 is 0 Å². The first kappa shape index (κ1) is 10.7. The lowest BCUT2D eigenvalue weighted by Crippen LogP contribution is -1.99. The van der Waals surface area contributed by atoms with Crippen molar-refractivity contribution >= 4 is 5.78 Å². The third-order valence-electron chi connectivity index (χ3n) is 1.86. The molecule has 0 bridgehead atoms. The summed E-state index contributed by atoms with van der Waals surface area (Å²) in [7, 11) is 0. The molecule has 0 saturated carbocycles. The molecule has 3 heteroatoms. The molecule has 3 nitrogen and oxygen atoms in total. The molecule has 0 fully saturated rings. The van der Waals surface area contributed by atoms with Crippen LogP contribution in [0, 0.1) is 0 Å². The Hall–Kier alpha value is -1.38. The van der Waals surface area contributed by atoms with Gasteiger partial charge in [-0.1, -0.05) is 13.3 Å². The summed E-state index contributed by atoms with van der Waals surface area (Å²) in [6.07, 6.45) is 3.74. The maximum Gasteiger partial charge on any atom is 0.178 e. The molecule has 0 aliphatic carbocycles. The van der Waals surface area contributed by atoms with Crippen LogP contribution in [-0.4, -0.2) is 17.4 Å². The summed E-state index contributed by atoms with van der Waals surface area (Å²) in [5, 5.41) is 0. The molecule has 1 heterocycles. The van der Waals surface area contributed by atoms with Gasteiger partial charge in [-0.3, -0.25) is 4.79 Å². The third kappa shape index (κ3) is 3.17. The van der Waals surface area contributed by atoms with E-state index in [4.69, 9.17) is 4.74 Å². The summed E-state index contributed by atoms with van der Waals surface area (Å²) in [4.78, 5) is 14.9. The number of hydrogen-bond donors (Lipinski definition) is 0. The van der Waals surface area contributed by atoms with Gasteiger partial charge in [0.2, 0.25) is 0 Å². The van der Waals surface area contributed by atoms with Crippen molar-refractivity contribution in [2.24, 2.45) is 0 Å². The molecule has 0 atom stereocenters. The quantitative estimate of drug-likeness (QED) is 0.532. The van der Waals surface area contributed by atoms with E-state index < -0.39 is 0 Å². The van der Waals surface area contributed by atoms with Gasteiger partial charge in [-0.25, -0.2) is 4.98 Å². The Morgan fingerprint density at radius 2 is 2.29 bits per heavy atom. The van der Waals surface area contributed by atoms with Gasteiger partial charge in [0.05, 0.1) is 12.8 Å². The molecule has 0 aromatic carbocycles. The minimum Gasteiger partial charge on any atom is -0.492 e. The van der Waals surface area contributed by atoms with Crippen LogP contribution in [-0.2, 0) is 0 Å². The number of carbonyl (C=O) groups is 1. The second kappa shape index (κ2) is 5.37. The smallest absolute Gasteiger partial charge is 0.178 e. The number of pyridine rings is 1. The first-order chi connectivity index (χ1) is 6.74. The zero-order valence-electron chi connectivity index (χ0n) is 8.62. The highest BCUT2D eigenvalue weighted by Gasteiger charge is 2.00. The summed E-state index contributed by atoms with van der Waals surface area (Å²) >= 11 is 0. The average Bonchev–Trinajstić information content (AvgIpc) is 2.19. The second-order valence-corrected chi connectivity index (χ2v) is 3.14. The van der Waals surface area contributed by atoms with Gasteiger partial charge in [-0.15, -0.1) is 0 Å². The first-order valence-electron chi connectivity index (χ1n) is 4.84. The number of nitrogens with zero attached hydrogens (tertiary/aromatic N) is 1. The summed E-state index contributed by atoms with van der Waals surface area (Å²) in [6, 6.07) is 3.46. The largest absolute Gasteiger partial charge is 0.492 e. The van der Waals surface area contributed by atoms with Gasteiger partial charge in [0, 0.05) is 6.92 Å². The summed E-state index contributed by atoms with van der Waals surface area (Å²) in [5.74, 6) is 0.702. The molecule has 0 aliphatic rings. The van der Waals surface area contributed by atoms with E-state index in [1.165, 1.54) is 6.92 Å². The number of Topliss-reactive ketones (excluding diaryl/α,β-unsaturated/α-hetero) is 1. The molecule has 0 saturated heterocycles. The van der Waals surface area contributed by atoms with E-state index in [2.05, 4.69) is 11.9 Å². The predicted molar refractivity (Wildman–Crippen MR) is 54.6 cm³/mol. The van der Waals surface area contributed by atoms with Gasteiger partial charge in [0.25, 0.3) is 0 Å². The highest BCUT2D eigenvalue weighted by molar-refractivity contribution is 5.92. The second-order valence-electron chi connectivity index (χ2n) is 3.14. The lowest BCUT2D eigenvalue weighted by molar-refractivity contribution is 0.101. The van der Waals surface area contributed by atoms with Crippen LogP contribution in [0.15, 0.2) is 18.3 Å². The molecule has 0 amide bonds. The average molecular weight is 193 g/mol. The van der Waals surface area contributed by atoms with Gasteiger partial charge in [-0.05, 0) is 18.6 Å². The number of rotatable bonds is 5. The van der Waals surface area contributed by atoms with Gasteiger partial charge in [0.15, 0.2) is 5.78 Å². The van der Waals surface area contributed by atoms with E-state index in [1.54, 1.807) is 18.3 Å². The van der Waals surface area contributed by atoms with Crippen molar-refractivity contribution in [3.63, 3.8) is 0 Å². The first-order valence-corrected chi connectivity index (χ1v) is 4.84. The molecule has 0 spiro atoms. The van der Waals surface area contributed by atoms with Gasteiger partial charge in [-0.2, -0.15) is 0 Å². The van der Waals surface area contributed by atoms with Crippen LogP contribution in [0.5, 0.6) is 5.75 Å². The molecule has 0 unspecified atom stereocenters. The minimum absolute atomic E-state index is 0.0230. The fourth-order valence-corrected chi connectivity index (χ4v) is 1.01. The molecule has 76 valence electrons. The number of ether oxygens (including phenoxy) is 1. The maximum atomic E-state index is 10.9. The molecular weight excluding hydrogens is 178 g/mol. The predicted octanol–water partition coefficient (Wildman–Crippen LogP) is 2.46. The van der Waals surface area contributed by atoms with E-state index in [9.17, 15) is 4.79 Å². The SMILES string of the molecule is CCCCOc1ccc(C(C)=O)nc1. The fraction of sp³-hybridized carbons (Fsp3) is 0.455. The lowest BCUT2D eigenvalue weighted by Gasteiger charge is -2.04. The Morgan fingerprint density at radius 1 is 1.50 bits per heavy atom. The number of unbranched alkanes of at least 4 members (excludes halogenated alkanes) is 1. The Morgan fingerprint density at radius 3 is 2.79 bits per heavy atom. The van der Waals surface area contributed by atoms with Crippen LogP contribution in [0.4, 0.5) is 0 Å². The normalized spacial score (nSPS) is 9.86. The van der Waals surface area contributed by atoms with Crippen LogP contribution in [0.1, 0.15) is 37.2 Å². The zero-order chi connectivity index (χ0) is 10.4. The third-order valence-corrected chi connectivity index (χ3v) is 1.86. The van der Waals surface area contributed by atoms with Crippen molar-refractivity contribution in [3.05, 3.63) is 24.0 Å². The van der Waals surface area contributed by atoms with Crippen LogP contribution in [0.25, 0.3) is 0 Å². The van der Waals surface area contributed by atoms with E-state index in [1.807, 2.05) is 0 Å². The number of carbonyl (C=O) groups excluding carboxylic acids is 1. The van der Waals surface area contributed by atoms with E-state index >= 15 is 0 Å². The topological polar surface area (TPSA) is 39.2 Å². The van der Waals surface area contributed by atoms with E-state index in [0.29, 0.717) is 12.3 Å². The van der Waals surface area contributed by atoms with Gasteiger partial charge >= 0.3 is 0 Å². The van der Waals surface area contributed by atoms with Crippen LogP contribution < -0.4 is 4.74 Å². The molecule has 14 heavy (non-hydrogen) atoms. The number of hydrogen-bond acceptors (Lipinski definition) is 3. The Balaban J connectivity index is 2.51. The molecule has 0 N–H and O–H groups in total. The molecule has 1 aromatic heterocycles. The van der Waals surface area contributed by atoms with Crippen molar-refractivity contribution < 1.29 is 9.53 Å². The van der Waals surface area contributed by atoms with Crippen molar-refractivity contribution in [2.45, 2.75) is 26.7 Å². The van der Waals surface area contributed by atoms with E-state index in [-0.39, 0.29) is 5.78 Å². The number of aromatic nitrogens is 1. The molecule has 0 radical (unpaired) electrons. The van der Waals surface area contributed by atoms with Crippen LogP contribution in [0.2, 0.25) is 0 Å². The van der Waals surface area contributed by atoms with Crippen LogP contribution in [0.3, 0.4) is 0 Å². The highest BCUT2D eigenvalue weighted by atomic mass is 16.5. The van der Waals surface area contributed by atoms with E-state index in [0.717, 1.165) is 18.6 Å². The summed E-state index contributed by atoms with van der Waals surface area (Å²) < 4.78 is 5.41. The van der Waals surface area contributed by atoms with Crippen molar-refractivity contribution in [3.8, 4) is 5.75 Å². The molecule has 1 rings (SSSR count). The molecule has 1 aromatic rings. The summed E-state index contributed by atoms with van der Waals surface area (Å²) in [6.45, 7) is 4.32. The standard InChI is InChI=1S/C11H15NO2/c1-3-4-7-14-10-5-6-11(9(2)13)12-8-10/h5-6,8H,3-4,7H2,1-2H3. The monoisotopic (exact) mass is 193 g/mol. The Bertz CT molecular complexity index is 293. The number of ketones is 1. The molecular formula is C11H15NO2. The van der Waals surface area contributed by atoms with Gasteiger partial charge < -0.3 is 4.74 Å². The Labute approximate surface area is 84.1 Å².